The Morgan fingerprint density at radius 1 is 1.09 bits per heavy atom. The van der Waals surface area contributed by atoms with Crippen LogP contribution < -0.4 is 5.32 Å². The quantitative estimate of drug-likeness (QED) is 0.947. The van der Waals surface area contributed by atoms with E-state index in [9.17, 15) is 13.6 Å². The summed E-state index contributed by atoms with van der Waals surface area (Å²) >= 11 is 0. The van der Waals surface area contributed by atoms with Crippen LogP contribution in [0.5, 0.6) is 0 Å². The number of hydrogen-bond donors (Lipinski definition) is 1. The molecule has 1 aromatic heterocycles. The van der Waals surface area contributed by atoms with Gasteiger partial charge in [-0.3, -0.25) is 4.79 Å². The second kappa shape index (κ2) is 6.05. The van der Waals surface area contributed by atoms with E-state index < -0.39 is 11.6 Å². The molecule has 7 heteroatoms. The first kappa shape index (κ1) is 14.4. The molecule has 22 heavy (non-hydrogen) atoms. The van der Waals surface area contributed by atoms with Gasteiger partial charge in [0, 0.05) is 19.2 Å². The minimum absolute atomic E-state index is 0.0920. The summed E-state index contributed by atoms with van der Waals surface area (Å²) in [6.45, 7) is 1.47. The van der Waals surface area contributed by atoms with Crippen molar-refractivity contribution in [1.82, 2.24) is 15.1 Å². The van der Waals surface area contributed by atoms with Crippen molar-refractivity contribution >= 4 is 17.4 Å². The molecule has 1 fully saturated rings. The molecule has 114 valence electrons. The number of halogens is 2. The van der Waals surface area contributed by atoms with E-state index in [-0.39, 0.29) is 23.1 Å². The van der Waals surface area contributed by atoms with Gasteiger partial charge in [0.05, 0.1) is 5.69 Å². The summed E-state index contributed by atoms with van der Waals surface area (Å²) < 4.78 is 26.4. The normalized spacial score (nSPS) is 14.2. The number of carbonyl (C=O) groups excluding carboxylic acids is 1. The third-order valence-electron chi connectivity index (χ3n) is 3.47. The first-order valence-electron chi connectivity index (χ1n) is 6.98. The zero-order valence-electron chi connectivity index (χ0n) is 11.7. The highest BCUT2D eigenvalue weighted by Crippen LogP contribution is 2.19. The first-order valence-corrected chi connectivity index (χ1v) is 6.98. The van der Waals surface area contributed by atoms with E-state index in [2.05, 4.69) is 15.5 Å². The molecule has 1 aromatic carbocycles. The van der Waals surface area contributed by atoms with Crippen molar-refractivity contribution in [3.05, 3.63) is 47.7 Å². The minimum atomic E-state index is -0.723. The van der Waals surface area contributed by atoms with Gasteiger partial charge in [-0.2, -0.15) is 0 Å². The number of carbonyl (C=O) groups is 1. The van der Waals surface area contributed by atoms with Crippen LogP contribution >= 0.6 is 0 Å². The van der Waals surface area contributed by atoms with Crippen molar-refractivity contribution in [3.63, 3.8) is 0 Å². The molecule has 0 atom stereocenters. The number of hydrogen-bond acceptors (Lipinski definition) is 4. The van der Waals surface area contributed by atoms with Gasteiger partial charge in [-0.05, 0) is 37.1 Å². The van der Waals surface area contributed by atoms with Gasteiger partial charge in [-0.1, -0.05) is 0 Å². The highest BCUT2D eigenvalue weighted by molar-refractivity contribution is 5.92. The second-order valence-corrected chi connectivity index (χ2v) is 5.05. The van der Waals surface area contributed by atoms with Gasteiger partial charge < -0.3 is 10.2 Å². The number of nitrogens with one attached hydrogen (secondary N) is 1. The van der Waals surface area contributed by atoms with Crippen LogP contribution in [0.2, 0.25) is 0 Å². The fourth-order valence-corrected chi connectivity index (χ4v) is 2.32. The molecule has 2 heterocycles. The van der Waals surface area contributed by atoms with E-state index in [1.165, 1.54) is 12.1 Å². The van der Waals surface area contributed by atoms with Gasteiger partial charge in [0.1, 0.15) is 11.6 Å². The fraction of sp³-hybridized carbons (Fsp3) is 0.267. The summed E-state index contributed by atoms with van der Waals surface area (Å²) in [7, 11) is 0. The van der Waals surface area contributed by atoms with Crippen LogP contribution in [-0.2, 0) is 0 Å². The van der Waals surface area contributed by atoms with E-state index in [1.54, 1.807) is 11.0 Å². The first-order chi connectivity index (χ1) is 10.6. The molecule has 3 rings (SSSR count). The smallest absolute Gasteiger partial charge is 0.274 e. The third-order valence-corrected chi connectivity index (χ3v) is 3.47. The zero-order valence-corrected chi connectivity index (χ0v) is 11.7. The van der Waals surface area contributed by atoms with Crippen molar-refractivity contribution in [2.75, 3.05) is 18.4 Å². The average Bonchev–Trinajstić information content (AvgIpc) is 3.04. The molecule has 1 N–H and O–H groups in total. The molecule has 1 amide bonds. The maximum absolute atomic E-state index is 13.5. The van der Waals surface area contributed by atoms with E-state index in [0.717, 1.165) is 38.1 Å². The topological polar surface area (TPSA) is 58.1 Å². The Labute approximate surface area is 126 Å². The van der Waals surface area contributed by atoms with Crippen LogP contribution in [0, 0.1) is 11.6 Å². The molecule has 0 spiro atoms. The van der Waals surface area contributed by atoms with Crippen LogP contribution in [0.1, 0.15) is 23.3 Å². The third kappa shape index (κ3) is 3.03. The molecular formula is C15H14F2N4O. The molecule has 5 nitrogen and oxygen atoms in total. The highest BCUT2D eigenvalue weighted by atomic mass is 19.1. The molecule has 1 saturated heterocycles. The lowest BCUT2D eigenvalue weighted by atomic mass is 10.3. The number of anilines is 2. The molecule has 1 aliphatic heterocycles. The molecule has 0 saturated carbocycles. The number of likely N-dealkylation sites (tertiary alicyclic amines) is 1. The Morgan fingerprint density at radius 2 is 1.86 bits per heavy atom. The molecule has 2 aromatic rings. The van der Waals surface area contributed by atoms with Gasteiger partial charge in [0.2, 0.25) is 0 Å². The number of nitrogens with zero attached hydrogens (tertiary/aromatic N) is 3. The number of benzene rings is 1. The molecular weight excluding hydrogens is 290 g/mol. The summed E-state index contributed by atoms with van der Waals surface area (Å²) in [6, 6.07) is 6.28. The predicted octanol–water partition coefficient (Wildman–Crippen LogP) is 2.73. The van der Waals surface area contributed by atoms with Crippen LogP contribution in [0.15, 0.2) is 30.3 Å². The highest BCUT2D eigenvalue weighted by Gasteiger charge is 2.20. The fourth-order valence-electron chi connectivity index (χ4n) is 2.32. The Hall–Kier alpha value is -2.57. The molecule has 1 aliphatic rings. The van der Waals surface area contributed by atoms with Gasteiger partial charge >= 0.3 is 0 Å². The van der Waals surface area contributed by atoms with Crippen molar-refractivity contribution in [3.8, 4) is 0 Å². The molecule has 0 unspecified atom stereocenters. The van der Waals surface area contributed by atoms with Gasteiger partial charge in [0.15, 0.2) is 11.5 Å². The summed E-state index contributed by atoms with van der Waals surface area (Å²) in [5.41, 5.74) is 0.348. The Balaban J connectivity index is 1.72. The standard InChI is InChI=1S/C15H14F2N4O/c16-10-3-4-12(11(17)9-10)18-14-6-5-13(19-20-14)15(22)21-7-1-2-8-21/h3-6,9H,1-2,7-8H2,(H,18,20). The Morgan fingerprint density at radius 3 is 2.50 bits per heavy atom. The van der Waals surface area contributed by atoms with Gasteiger partial charge in [0.25, 0.3) is 5.91 Å². The lowest BCUT2D eigenvalue weighted by Crippen LogP contribution is -2.28. The predicted molar refractivity (Wildman–Crippen MR) is 76.8 cm³/mol. The maximum Gasteiger partial charge on any atom is 0.274 e. The van der Waals surface area contributed by atoms with Crippen molar-refractivity contribution in [2.24, 2.45) is 0 Å². The van der Waals surface area contributed by atoms with Gasteiger partial charge in [-0.25, -0.2) is 8.78 Å². The average molecular weight is 304 g/mol. The van der Waals surface area contributed by atoms with Crippen molar-refractivity contribution in [2.45, 2.75) is 12.8 Å². The van der Waals surface area contributed by atoms with E-state index in [0.29, 0.717) is 0 Å². The van der Waals surface area contributed by atoms with Crippen molar-refractivity contribution in [1.29, 1.82) is 0 Å². The molecule has 0 radical (unpaired) electrons. The Kier molecular flexibility index (Phi) is 3.95. The van der Waals surface area contributed by atoms with Crippen LogP contribution in [0.3, 0.4) is 0 Å². The monoisotopic (exact) mass is 304 g/mol. The minimum Gasteiger partial charge on any atom is -0.337 e. The SMILES string of the molecule is O=C(c1ccc(Nc2ccc(F)cc2F)nn1)N1CCCC1. The van der Waals surface area contributed by atoms with Crippen LogP contribution in [0.4, 0.5) is 20.3 Å². The molecule has 0 aliphatic carbocycles. The number of rotatable bonds is 3. The summed E-state index contributed by atoms with van der Waals surface area (Å²) in [4.78, 5) is 13.8. The van der Waals surface area contributed by atoms with E-state index in [4.69, 9.17) is 0 Å². The molecule has 0 bridgehead atoms. The Bertz CT molecular complexity index is 684. The van der Waals surface area contributed by atoms with Crippen LogP contribution in [-0.4, -0.2) is 34.1 Å². The number of amides is 1. The number of aromatic nitrogens is 2. The van der Waals surface area contributed by atoms with Crippen LogP contribution in [0.25, 0.3) is 0 Å². The summed E-state index contributed by atoms with van der Waals surface area (Å²) in [5, 5.41) is 10.4. The van der Waals surface area contributed by atoms with E-state index >= 15 is 0 Å². The largest absolute Gasteiger partial charge is 0.337 e. The second-order valence-electron chi connectivity index (χ2n) is 5.05. The van der Waals surface area contributed by atoms with E-state index in [1.807, 2.05) is 0 Å². The maximum atomic E-state index is 13.5. The zero-order chi connectivity index (χ0) is 15.5. The van der Waals surface area contributed by atoms with Gasteiger partial charge in [-0.15, -0.1) is 10.2 Å². The summed E-state index contributed by atoms with van der Waals surface area (Å²) in [6.07, 6.45) is 2.01. The summed E-state index contributed by atoms with van der Waals surface area (Å²) in [5.74, 6) is -1.24. The lowest BCUT2D eigenvalue weighted by Gasteiger charge is -2.14. The van der Waals surface area contributed by atoms with Crippen molar-refractivity contribution < 1.29 is 13.6 Å². The lowest BCUT2D eigenvalue weighted by molar-refractivity contribution is 0.0786.